The van der Waals surface area contributed by atoms with Crippen LogP contribution in [0.2, 0.25) is 0 Å². The molecule has 2 rings (SSSR count). The molecule has 3 nitrogen and oxygen atoms in total. The van der Waals surface area contributed by atoms with Gasteiger partial charge in [0.1, 0.15) is 0 Å². The molecule has 1 fully saturated rings. The van der Waals surface area contributed by atoms with E-state index in [4.69, 9.17) is 0 Å². The Morgan fingerprint density at radius 1 is 1.69 bits per heavy atom. The summed E-state index contributed by atoms with van der Waals surface area (Å²) in [5.41, 5.74) is 0.785. The minimum atomic E-state index is -0.447. The van der Waals surface area contributed by atoms with Gasteiger partial charge in [-0.3, -0.25) is 0 Å². The van der Waals surface area contributed by atoms with Crippen molar-refractivity contribution in [3.05, 3.63) is 11.1 Å². The van der Waals surface area contributed by atoms with Gasteiger partial charge in [-0.1, -0.05) is 0 Å². The first-order valence-corrected chi connectivity index (χ1v) is 5.43. The van der Waals surface area contributed by atoms with Crippen LogP contribution in [0.15, 0.2) is 5.38 Å². The van der Waals surface area contributed by atoms with Crippen molar-refractivity contribution in [3.63, 3.8) is 0 Å². The highest BCUT2D eigenvalue weighted by molar-refractivity contribution is 7.13. The molecule has 0 aliphatic heterocycles. The lowest BCUT2D eigenvalue weighted by atomic mass is 10.3. The first kappa shape index (κ1) is 8.97. The Hall–Kier alpha value is -0.610. The highest BCUT2D eigenvalue weighted by atomic mass is 32.1. The van der Waals surface area contributed by atoms with Crippen LogP contribution in [0.4, 0.5) is 5.13 Å². The largest absolute Gasteiger partial charge is 0.387 e. The molecular formula is C9H14N2OS. The average Bonchev–Trinajstić information content (AvgIpc) is 2.81. The van der Waals surface area contributed by atoms with Gasteiger partial charge < -0.3 is 10.0 Å². The standard InChI is InChI=1S/C9H14N2OS/c1-6(12)8-5-13-9(10-8)11(2)7-3-4-7/h5-7,12H,3-4H2,1-2H3. The number of aliphatic hydroxyl groups is 1. The molecule has 1 saturated carbocycles. The van der Waals surface area contributed by atoms with E-state index in [1.165, 1.54) is 12.8 Å². The van der Waals surface area contributed by atoms with Crippen LogP contribution in [-0.4, -0.2) is 23.2 Å². The number of nitrogens with zero attached hydrogens (tertiary/aromatic N) is 2. The van der Waals surface area contributed by atoms with E-state index in [0.29, 0.717) is 6.04 Å². The minimum absolute atomic E-state index is 0.447. The first-order valence-electron chi connectivity index (χ1n) is 4.55. The van der Waals surface area contributed by atoms with Crippen molar-refractivity contribution in [1.29, 1.82) is 0 Å². The Bertz CT molecular complexity index is 294. The second kappa shape index (κ2) is 3.27. The van der Waals surface area contributed by atoms with Gasteiger partial charge in [-0.15, -0.1) is 11.3 Å². The predicted octanol–water partition coefficient (Wildman–Crippen LogP) is 1.80. The van der Waals surface area contributed by atoms with Gasteiger partial charge in [-0.25, -0.2) is 4.98 Å². The van der Waals surface area contributed by atoms with Crippen molar-refractivity contribution in [2.24, 2.45) is 0 Å². The lowest BCUT2D eigenvalue weighted by Crippen LogP contribution is -2.19. The maximum absolute atomic E-state index is 9.30. The fourth-order valence-electron chi connectivity index (χ4n) is 1.25. The average molecular weight is 198 g/mol. The van der Waals surface area contributed by atoms with Crippen LogP contribution in [0.3, 0.4) is 0 Å². The molecule has 0 aromatic carbocycles. The van der Waals surface area contributed by atoms with Gasteiger partial charge in [0.05, 0.1) is 11.8 Å². The molecule has 1 atom stereocenters. The van der Waals surface area contributed by atoms with Gasteiger partial charge in [0.25, 0.3) is 0 Å². The van der Waals surface area contributed by atoms with Gasteiger partial charge in [0.2, 0.25) is 0 Å². The van der Waals surface area contributed by atoms with E-state index in [1.54, 1.807) is 18.3 Å². The number of aliphatic hydroxyl groups excluding tert-OH is 1. The molecule has 1 unspecified atom stereocenters. The summed E-state index contributed by atoms with van der Waals surface area (Å²) >= 11 is 1.61. The summed E-state index contributed by atoms with van der Waals surface area (Å²) in [6.07, 6.45) is 2.11. The van der Waals surface area contributed by atoms with E-state index in [9.17, 15) is 5.11 Å². The molecular weight excluding hydrogens is 184 g/mol. The second-order valence-electron chi connectivity index (χ2n) is 3.57. The molecule has 1 aliphatic carbocycles. The SMILES string of the molecule is CC(O)c1csc(N(C)C2CC2)n1. The number of anilines is 1. The van der Waals surface area contributed by atoms with Crippen molar-refractivity contribution in [1.82, 2.24) is 4.98 Å². The minimum Gasteiger partial charge on any atom is -0.387 e. The van der Waals surface area contributed by atoms with Gasteiger partial charge >= 0.3 is 0 Å². The Labute approximate surface area is 82.0 Å². The fourth-order valence-corrected chi connectivity index (χ4v) is 2.20. The van der Waals surface area contributed by atoms with Gasteiger partial charge in [0.15, 0.2) is 5.13 Å². The smallest absolute Gasteiger partial charge is 0.185 e. The Morgan fingerprint density at radius 2 is 2.38 bits per heavy atom. The summed E-state index contributed by atoms with van der Waals surface area (Å²) in [7, 11) is 2.07. The van der Waals surface area contributed by atoms with E-state index in [0.717, 1.165) is 10.8 Å². The zero-order valence-electron chi connectivity index (χ0n) is 7.90. The van der Waals surface area contributed by atoms with Crippen LogP contribution in [0.25, 0.3) is 0 Å². The first-order chi connectivity index (χ1) is 6.18. The number of hydrogen-bond donors (Lipinski definition) is 1. The third-order valence-corrected chi connectivity index (χ3v) is 3.28. The molecule has 0 amide bonds. The molecule has 1 aliphatic rings. The van der Waals surface area contributed by atoms with Crippen LogP contribution in [0, 0.1) is 0 Å². The van der Waals surface area contributed by atoms with Crippen LogP contribution in [0.5, 0.6) is 0 Å². The Kier molecular flexibility index (Phi) is 2.26. The molecule has 72 valence electrons. The monoisotopic (exact) mass is 198 g/mol. The van der Waals surface area contributed by atoms with Crippen molar-refractivity contribution in [3.8, 4) is 0 Å². The van der Waals surface area contributed by atoms with E-state index < -0.39 is 6.10 Å². The predicted molar refractivity (Wildman–Crippen MR) is 54.2 cm³/mol. The van der Waals surface area contributed by atoms with Crippen molar-refractivity contribution in [2.45, 2.75) is 31.9 Å². The van der Waals surface area contributed by atoms with Gasteiger partial charge in [0, 0.05) is 18.5 Å². The molecule has 0 radical (unpaired) electrons. The van der Waals surface area contributed by atoms with Crippen molar-refractivity contribution in [2.75, 3.05) is 11.9 Å². The molecule has 1 aromatic rings. The van der Waals surface area contributed by atoms with Crippen LogP contribution in [0.1, 0.15) is 31.6 Å². The third kappa shape index (κ3) is 1.84. The highest BCUT2D eigenvalue weighted by Gasteiger charge is 2.28. The number of thiazole rings is 1. The molecule has 0 bridgehead atoms. The van der Waals surface area contributed by atoms with Crippen LogP contribution < -0.4 is 4.90 Å². The summed E-state index contributed by atoms with van der Waals surface area (Å²) in [4.78, 5) is 6.57. The molecule has 1 aromatic heterocycles. The van der Waals surface area contributed by atoms with Gasteiger partial charge in [-0.05, 0) is 19.8 Å². The van der Waals surface area contributed by atoms with Crippen LogP contribution in [-0.2, 0) is 0 Å². The normalized spacial score (nSPS) is 18.7. The molecule has 4 heteroatoms. The van der Waals surface area contributed by atoms with E-state index in [2.05, 4.69) is 16.9 Å². The van der Waals surface area contributed by atoms with Crippen molar-refractivity contribution >= 4 is 16.5 Å². The second-order valence-corrected chi connectivity index (χ2v) is 4.41. The highest BCUT2D eigenvalue weighted by Crippen LogP contribution is 2.32. The molecule has 13 heavy (non-hydrogen) atoms. The number of hydrogen-bond acceptors (Lipinski definition) is 4. The summed E-state index contributed by atoms with van der Waals surface area (Å²) in [5, 5.41) is 12.3. The van der Waals surface area contributed by atoms with Gasteiger partial charge in [-0.2, -0.15) is 0 Å². The number of rotatable bonds is 3. The van der Waals surface area contributed by atoms with Crippen molar-refractivity contribution < 1.29 is 5.11 Å². The van der Waals surface area contributed by atoms with E-state index in [1.807, 2.05) is 5.38 Å². The fraction of sp³-hybridized carbons (Fsp3) is 0.667. The third-order valence-electron chi connectivity index (χ3n) is 2.33. The zero-order chi connectivity index (χ0) is 9.42. The summed E-state index contributed by atoms with van der Waals surface area (Å²) < 4.78 is 0. The quantitative estimate of drug-likeness (QED) is 0.804. The van der Waals surface area contributed by atoms with E-state index in [-0.39, 0.29) is 0 Å². The molecule has 0 saturated heterocycles. The van der Waals surface area contributed by atoms with E-state index >= 15 is 0 Å². The lowest BCUT2D eigenvalue weighted by Gasteiger charge is -2.13. The maximum atomic E-state index is 9.30. The lowest BCUT2D eigenvalue weighted by molar-refractivity contribution is 0.195. The number of aromatic nitrogens is 1. The molecule has 1 N–H and O–H groups in total. The summed E-state index contributed by atoms with van der Waals surface area (Å²) in [5.74, 6) is 0. The Morgan fingerprint density at radius 3 is 2.85 bits per heavy atom. The zero-order valence-corrected chi connectivity index (χ0v) is 8.71. The topological polar surface area (TPSA) is 36.4 Å². The van der Waals surface area contributed by atoms with Crippen LogP contribution >= 0.6 is 11.3 Å². The molecule has 1 heterocycles. The summed E-state index contributed by atoms with van der Waals surface area (Å²) in [6.45, 7) is 1.75. The maximum Gasteiger partial charge on any atom is 0.185 e. The Balaban J connectivity index is 2.11. The summed E-state index contributed by atoms with van der Waals surface area (Å²) in [6, 6.07) is 0.688. The molecule has 0 spiro atoms.